The van der Waals surface area contributed by atoms with Crippen molar-refractivity contribution < 1.29 is 13.3 Å². The van der Waals surface area contributed by atoms with E-state index in [0.29, 0.717) is 12.1 Å². The van der Waals surface area contributed by atoms with Crippen LogP contribution >= 0.6 is 0 Å². The van der Waals surface area contributed by atoms with Gasteiger partial charge in [0.05, 0.1) is 10.7 Å². The molecule has 0 atom stereocenters. The first-order chi connectivity index (χ1) is 7.86. The van der Waals surface area contributed by atoms with E-state index in [1.54, 1.807) is 13.0 Å². The lowest BCUT2D eigenvalue weighted by molar-refractivity contribution is -0.384. The topological polar surface area (TPSA) is 80.5 Å². The van der Waals surface area contributed by atoms with E-state index in [9.17, 15) is 18.5 Å². The summed E-state index contributed by atoms with van der Waals surface area (Å²) in [5.41, 5.74) is 0.316. The van der Waals surface area contributed by atoms with Gasteiger partial charge in [-0.2, -0.15) is 0 Å². The zero-order valence-corrected chi connectivity index (χ0v) is 10.5. The minimum atomic E-state index is -3.40. The second-order valence-corrected chi connectivity index (χ2v) is 5.67. The first kappa shape index (κ1) is 13.6. The second kappa shape index (κ2) is 5.24. The number of rotatable bonds is 5. The molecule has 0 heterocycles. The van der Waals surface area contributed by atoms with Crippen molar-refractivity contribution in [2.45, 2.75) is 12.7 Å². The van der Waals surface area contributed by atoms with Crippen molar-refractivity contribution in [1.82, 2.24) is 4.31 Å². The highest BCUT2D eigenvalue weighted by Gasteiger charge is 2.18. The fraction of sp³-hybridized carbons (Fsp3) is 0.400. The van der Waals surface area contributed by atoms with Gasteiger partial charge < -0.3 is 0 Å². The van der Waals surface area contributed by atoms with E-state index in [1.807, 2.05) is 0 Å². The molecule has 1 rings (SSSR count). The molecule has 0 aliphatic heterocycles. The Bertz CT molecular complexity index is 513. The van der Waals surface area contributed by atoms with Gasteiger partial charge in [-0.1, -0.05) is 19.1 Å². The number of non-ortho nitro benzene ring substituents is 1. The van der Waals surface area contributed by atoms with Crippen molar-refractivity contribution in [1.29, 1.82) is 0 Å². The zero-order valence-electron chi connectivity index (χ0n) is 9.66. The largest absolute Gasteiger partial charge is 0.269 e. The summed E-state index contributed by atoms with van der Waals surface area (Å²) >= 11 is 0. The Kier molecular flexibility index (Phi) is 4.19. The lowest BCUT2D eigenvalue weighted by Crippen LogP contribution is -2.27. The highest BCUT2D eigenvalue weighted by Crippen LogP contribution is 2.16. The first-order valence-corrected chi connectivity index (χ1v) is 6.65. The Morgan fingerprint density at radius 3 is 2.59 bits per heavy atom. The molecule has 0 fully saturated rings. The van der Waals surface area contributed by atoms with Gasteiger partial charge in [-0.3, -0.25) is 10.1 Å². The summed E-state index contributed by atoms with van der Waals surface area (Å²) in [6, 6.07) is 5.66. The lowest BCUT2D eigenvalue weighted by Gasteiger charge is -2.14. The van der Waals surface area contributed by atoms with Crippen molar-refractivity contribution >= 4 is 15.7 Å². The normalized spacial score (nSPS) is 11.7. The average molecular weight is 258 g/mol. The lowest BCUT2D eigenvalue weighted by atomic mass is 10.2. The van der Waals surface area contributed by atoms with Crippen LogP contribution in [0.5, 0.6) is 0 Å². The van der Waals surface area contributed by atoms with Crippen molar-refractivity contribution in [2.75, 3.05) is 13.6 Å². The van der Waals surface area contributed by atoms with Gasteiger partial charge in [-0.15, -0.1) is 0 Å². The quantitative estimate of drug-likeness (QED) is 0.590. The Balaban J connectivity index is 2.96. The van der Waals surface area contributed by atoms with Gasteiger partial charge in [0.25, 0.3) is 5.69 Å². The van der Waals surface area contributed by atoms with Gasteiger partial charge in [-0.25, -0.2) is 12.7 Å². The van der Waals surface area contributed by atoms with Crippen LogP contribution in [0.1, 0.15) is 12.5 Å². The third-order valence-corrected chi connectivity index (χ3v) is 4.30. The van der Waals surface area contributed by atoms with Crippen molar-refractivity contribution in [2.24, 2.45) is 0 Å². The van der Waals surface area contributed by atoms with Crippen LogP contribution in [0.25, 0.3) is 0 Å². The molecular weight excluding hydrogens is 244 g/mol. The molecule has 0 saturated heterocycles. The van der Waals surface area contributed by atoms with Gasteiger partial charge in [0.1, 0.15) is 0 Å². The molecule has 94 valence electrons. The van der Waals surface area contributed by atoms with Gasteiger partial charge in [-0.05, 0) is 5.56 Å². The Hall–Kier alpha value is -1.47. The number of hydrogen-bond donors (Lipinski definition) is 0. The van der Waals surface area contributed by atoms with Crippen LogP contribution in [0.2, 0.25) is 0 Å². The monoisotopic (exact) mass is 258 g/mol. The number of nitro groups is 1. The van der Waals surface area contributed by atoms with Gasteiger partial charge in [0, 0.05) is 25.7 Å². The summed E-state index contributed by atoms with van der Waals surface area (Å²) in [5.74, 6) is -0.223. The smallest absolute Gasteiger partial charge is 0.258 e. The molecule has 0 amide bonds. The predicted molar refractivity (Wildman–Crippen MR) is 64.0 cm³/mol. The summed E-state index contributed by atoms with van der Waals surface area (Å²) < 4.78 is 24.8. The minimum absolute atomic E-state index is 0.100. The number of nitro benzene ring substituents is 1. The fourth-order valence-electron chi connectivity index (χ4n) is 1.28. The molecule has 17 heavy (non-hydrogen) atoms. The van der Waals surface area contributed by atoms with E-state index in [1.165, 1.54) is 29.6 Å². The minimum Gasteiger partial charge on any atom is -0.258 e. The van der Waals surface area contributed by atoms with Gasteiger partial charge >= 0.3 is 0 Å². The highest BCUT2D eigenvalue weighted by molar-refractivity contribution is 7.88. The summed E-state index contributed by atoms with van der Waals surface area (Å²) in [6.45, 7) is 2.10. The molecule has 6 nitrogen and oxygen atoms in total. The Morgan fingerprint density at radius 2 is 2.06 bits per heavy atom. The third kappa shape index (κ3) is 3.50. The Morgan fingerprint density at radius 1 is 1.41 bits per heavy atom. The van der Waals surface area contributed by atoms with E-state index < -0.39 is 14.9 Å². The van der Waals surface area contributed by atoms with E-state index in [4.69, 9.17) is 0 Å². The van der Waals surface area contributed by atoms with Crippen LogP contribution in [0.3, 0.4) is 0 Å². The predicted octanol–water partition coefficient (Wildman–Crippen LogP) is 1.38. The standard InChI is InChI=1S/C10H14N2O4S/c1-3-11(2)17(15,16)8-9-5-4-6-10(7-9)12(13)14/h4-7H,3,8H2,1-2H3. The highest BCUT2D eigenvalue weighted by atomic mass is 32.2. The molecule has 7 heteroatoms. The summed E-state index contributed by atoms with van der Waals surface area (Å²) in [7, 11) is -1.92. The average Bonchev–Trinajstić information content (AvgIpc) is 2.27. The molecule has 0 unspecified atom stereocenters. The van der Waals surface area contributed by atoms with Crippen molar-refractivity contribution in [3.8, 4) is 0 Å². The maximum Gasteiger partial charge on any atom is 0.269 e. The van der Waals surface area contributed by atoms with E-state index in [2.05, 4.69) is 0 Å². The first-order valence-electron chi connectivity index (χ1n) is 5.04. The van der Waals surface area contributed by atoms with E-state index >= 15 is 0 Å². The summed E-state index contributed by atoms with van der Waals surface area (Å²) in [6.07, 6.45) is 0. The zero-order chi connectivity index (χ0) is 13.1. The molecule has 0 radical (unpaired) electrons. The molecule has 0 aromatic heterocycles. The number of nitrogens with zero attached hydrogens (tertiary/aromatic N) is 2. The van der Waals surface area contributed by atoms with E-state index in [-0.39, 0.29) is 11.4 Å². The van der Waals surface area contributed by atoms with Crippen LogP contribution in [-0.2, 0) is 15.8 Å². The summed E-state index contributed by atoms with van der Waals surface area (Å²) in [5, 5.41) is 10.6. The number of benzene rings is 1. The molecule has 0 aliphatic carbocycles. The van der Waals surface area contributed by atoms with Crippen LogP contribution in [0.4, 0.5) is 5.69 Å². The molecular formula is C10H14N2O4S. The van der Waals surface area contributed by atoms with Crippen LogP contribution in [0, 0.1) is 10.1 Å². The van der Waals surface area contributed by atoms with Crippen molar-refractivity contribution in [3.05, 3.63) is 39.9 Å². The molecule has 0 saturated carbocycles. The maximum absolute atomic E-state index is 11.8. The van der Waals surface area contributed by atoms with Gasteiger partial charge in [0.2, 0.25) is 10.0 Å². The van der Waals surface area contributed by atoms with Crippen LogP contribution in [0.15, 0.2) is 24.3 Å². The fourth-order valence-corrected chi connectivity index (χ4v) is 2.49. The van der Waals surface area contributed by atoms with Crippen molar-refractivity contribution in [3.63, 3.8) is 0 Å². The third-order valence-electron chi connectivity index (χ3n) is 2.39. The summed E-state index contributed by atoms with van der Waals surface area (Å²) in [4.78, 5) is 10.0. The molecule has 0 aliphatic rings. The molecule has 0 spiro atoms. The Labute approximate surface area is 100 Å². The number of sulfonamides is 1. The SMILES string of the molecule is CCN(C)S(=O)(=O)Cc1cccc([N+](=O)[O-])c1. The number of hydrogen-bond acceptors (Lipinski definition) is 4. The molecule has 1 aromatic rings. The molecule has 1 aromatic carbocycles. The molecule has 0 N–H and O–H groups in total. The van der Waals surface area contributed by atoms with Crippen LogP contribution in [-0.4, -0.2) is 31.2 Å². The van der Waals surface area contributed by atoms with Crippen LogP contribution < -0.4 is 0 Å². The molecule has 0 bridgehead atoms. The maximum atomic E-state index is 11.8. The van der Waals surface area contributed by atoms with E-state index in [0.717, 1.165) is 0 Å². The van der Waals surface area contributed by atoms with Gasteiger partial charge in [0.15, 0.2) is 0 Å². The second-order valence-electron chi connectivity index (χ2n) is 3.60.